The number of nitrogens with zero attached hydrogens (tertiary/aromatic N) is 1. The lowest BCUT2D eigenvalue weighted by Crippen LogP contribution is -2.21. The highest BCUT2D eigenvalue weighted by molar-refractivity contribution is 5.94. The molecule has 0 aromatic heterocycles. The largest absolute Gasteiger partial charge is 0.392 e. The highest BCUT2D eigenvalue weighted by atomic mass is 16.3. The summed E-state index contributed by atoms with van der Waals surface area (Å²) in [6, 6.07) is 15.1. The lowest BCUT2D eigenvalue weighted by atomic mass is 9.99. The zero-order valence-corrected chi connectivity index (χ0v) is 11.1. The Kier molecular flexibility index (Phi) is 3.97. The molecule has 3 heteroatoms. The van der Waals surface area contributed by atoms with Crippen LogP contribution in [0, 0.1) is 0 Å². The molecule has 0 aliphatic rings. The zero-order valence-electron chi connectivity index (χ0n) is 11.1. The first-order valence-corrected chi connectivity index (χ1v) is 6.14. The number of aliphatic hydroxyl groups is 1. The number of amides is 1. The second-order valence-electron chi connectivity index (χ2n) is 4.59. The van der Waals surface area contributed by atoms with E-state index in [4.69, 9.17) is 0 Å². The molecule has 0 fully saturated rings. The maximum absolute atomic E-state index is 11.8. The quantitative estimate of drug-likeness (QED) is 0.915. The summed E-state index contributed by atoms with van der Waals surface area (Å²) in [6.07, 6.45) is 0. The lowest BCUT2D eigenvalue weighted by molar-refractivity contribution is 0.0827. The van der Waals surface area contributed by atoms with Crippen molar-refractivity contribution in [3.8, 4) is 11.1 Å². The van der Waals surface area contributed by atoms with Crippen LogP contribution in [-0.4, -0.2) is 30.0 Å². The molecule has 0 aliphatic heterocycles. The Morgan fingerprint density at radius 1 is 1.05 bits per heavy atom. The SMILES string of the molecule is CN(C)C(=O)c1ccc(-c2ccccc2CO)cc1. The van der Waals surface area contributed by atoms with E-state index >= 15 is 0 Å². The van der Waals surface area contributed by atoms with Gasteiger partial charge in [0, 0.05) is 19.7 Å². The molecule has 0 spiro atoms. The predicted octanol–water partition coefficient (Wildman–Crippen LogP) is 2.55. The normalized spacial score (nSPS) is 10.3. The lowest BCUT2D eigenvalue weighted by Gasteiger charge is -2.11. The van der Waals surface area contributed by atoms with Crippen LogP contribution in [0.5, 0.6) is 0 Å². The topological polar surface area (TPSA) is 40.5 Å². The summed E-state index contributed by atoms with van der Waals surface area (Å²) in [5.41, 5.74) is 3.54. The molecule has 0 bridgehead atoms. The summed E-state index contributed by atoms with van der Waals surface area (Å²) >= 11 is 0. The van der Waals surface area contributed by atoms with Crippen LogP contribution in [0.2, 0.25) is 0 Å². The van der Waals surface area contributed by atoms with E-state index in [9.17, 15) is 9.90 Å². The van der Waals surface area contributed by atoms with Crippen LogP contribution < -0.4 is 0 Å². The maximum atomic E-state index is 11.8. The van der Waals surface area contributed by atoms with Gasteiger partial charge in [0.2, 0.25) is 0 Å². The van der Waals surface area contributed by atoms with Gasteiger partial charge in [0.15, 0.2) is 0 Å². The summed E-state index contributed by atoms with van der Waals surface area (Å²) in [4.78, 5) is 13.4. The minimum absolute atomic E-state index is 0.00849. The maximum Gasteiger partial charge on any atom is 0.253 e. The molecule has 0 atom stereocenters. The Balaban J connectivity index is 2.35. The van der Waals surface area contributed by atoms with Gasteiger partial charge in [0.25, 0.3) is 5.91 Å². The van der Waals surface area contributed by atoms with Crippen LogP contribution >= 0.6 is 0 Å². The minimum Gasteiger partial charge on any atom is -0.392 e. The van der Waals surface area contributed by atoms with E-state index in [0.717, 1.165) is 16.7 Å². The van der Waals surface area contributed by atoms with Gasteiger partial charge in [0.1, 0.15) is 0 Å². The van der Waals surface area contributed by atoms with E-state index in [2.05, 4.69) is 0 Å². The number of hydrogen-bond donors (Lipinski definition) is 1. The van der Waals surface area contributed by atoms with Gasteiger partial charge >= 0.3 is 0 Å². The second-order valence-corrected chi connectivity index (χ2v) is 4.59. The molecule has 3 nitrogen and oxygen atoms in total. The number of aliphatic hydroxyl groups excluding tert-OH is 1. The summed E-state index contributed by atoms with van der Waals surface area (Å²) in [5.74, 6) is -0.0120. The molecular weight excluding hydrogens is 238 g/mol. The minimum atomic E-state index is -0.0120. The molecule has 98 valence electrons. The first-order chi connectivity index (χ1) is 9.13. The van der Waals surface area contributed by atoms with Gasteiger partial charge < -0.3 is 10.0 Å². The van der Waals surface area contributed by atoms with E-state index < -0.39 is 0 Å². The van der Waals surface area contributed by atoms with Gasteiger partial charge in [-0.2, -0.15) is 0 Å². The number of benzene rings is 2. The van der Waals surface area contributed by atoms with Crippen molar-refractivity contribution in [2.24, 2.45) is 0 Å². The van der Waals surface area contributed by atoms with Crippen molar-refractivity contribution >= 4 is 5.91 Å². The fourth-order valence-corrected chi connectivity index (χ4v) is 1.99. The average molecular weight is 255 g/mol. The van der Waals surface area contributed by atoms with Gasteiger partial charge in [0.05, 0.1) is 6.61 Å². The number of rotatable bonds is 3. The first-order valence-electron chi connectivity index (χ1n) is 6.14. The van der Waals surface area contributed by atoms with Crippen LogP contribution in [0.25, 0.3) is 11.1 Å². The molecule has 0 radical (unpaired) electrons. The molecule has 0 unspecified atom stereocenters. The van der Waals surface area contributed by atoms with E-state index in [0.29, 0.717) is 5.56 Å². The molecule has 0 saturated carbocycles. The van der Waals surface area contributed by atoms with Crippen molar-refractivity contribution < 1.29 is 9.90 Å². The van der Waals surface area contributed by atoms with Gasteiger partial charge in [-0.05, 0) is 28.8 Å². The fourth-order valence-electron chi connectivity index (χ4n) is 1.99. The van der Waals surface area contributed by atoms with Gasteiger partial charge in [-0.15, -0.1) is 0 Å². The Morgan fingerprint density at radius 2 is 1.68 bits per heavy atom. The van der Waals surface area contributed by atoms with Crippen molar-refractivity contribution in [2.45, 2.75) is 6.61 Å². The predicted molar refractivity (Wildman–Crippen MR) is 75.8 cm³/mol. The Morgan fingerprint density at radius 3 is 2.26 bits per heavy atom. The van der Waals surface area contributed by atoms with E-state index in [1.807, 2.05) is 48.5 Å². The van der Waals surface area contributed by atoms with Gasteiger partial charge in [-0.3, -0.25) is 4.79 Å². The highest BCUT2D eigenvalue weighted by Gasteiger charge is 2.08. The molecule has 0 aliphatic carbocycles. The van der Waals surface area contributed by atoms with Crippen molar-refractivity contribution in [2.75, 3.05) is 14.1 Å². The average Bonchev–Trinajstić information content (AvgIpc) is 2.46. The number of hydrogen-bond acceptors (Lipinski definition) is 2. The van der Waals surface area contributed by atoms with Crippen molar-refractivity contribution in [1.29, 1.82) is 0 Å². The molecule has 2 aromatic rings. The molecular formula is C16H17NO2. The number of carbonyl (C=O) groups excluding carboxylic acids is 1. The van der Waals surface area contributed by atoms with Crippen LogP contribution in [0.15, 0.2) is 48.5 Å². The Bertz CT molecular complexity index is 574. The van der Waals surface area contributed by atoms with Crippen LogP contribution in [0.4, 0.5) is 0 Å². The summed E-state index contributed by atoms with van der Waals surface area (Å²) in [6.45, 7) is 0.00849. The van der Waals surface area contributed by atoms with Crippen LogP contribution in [0.1, 0.15) is 15.9 Å². The monoisotopic (exact) mass is 255 g/mol. The third-order valence-electron chi connectivity index (χ3n) is 3.04. The summed E-state index contributed by atoms with van der Waals surface area (Å²) in [5, 5.41) is 9.33. The summed E-state index contributed by atoms with van der Waals surface area (Å²) in [7, 11) is 3.47. The molecule has 1 amide bonds. The Hall–Kier alpha value is -2.13. The molecule has 19 heavy (non-hydrogen) atoms. The zero-order chi connectivity index (χ0) is 13.8. The first kappa shape index (κ1) is 13.3. The molecule has 1 N–H and O–H groups in total. The smallest absolute Gasteiger partial charge is 0.253 e. The molecule has 2 aromatic carbocycles. The summed E-state index contributed by atoms with van der Waals surface area (Å²) < 4.78 is 0. The Labute approximate surface area is 113 Å². The highest BCUT2D eigenvalue weighted by Crippen LogP contribution is 2.24. The van der Waals surface area contributed by atoms with E-state index in [-0.39, 0.29) is 12.5 Å². The van der Waals surface area contributed by atoms with E-state index in [1.54, 1.807) is 19.0 Å². The third-order valence-corrected chi connectivity index (χ3v) is 3.04. The van der Waals surface area contributed by atoms with Crippen LogP contribution in [0.3, 0.4) is 0 Å². The molecule has 0 saturated heterocycles. The number of carbonyl (C=O) groups is 1. The van der Waals surface area contributed by atoms with Crippen molar-refractivity contribution in [3.05, 3.63) is 59.7 Å². The van der Waals surface area contributed by atoms with Crippen LogP contribution in [-0.2, 0) is 6.61 Å². The van der Waals surface area contributed by atoms with Crippen molar-refractivity contribution in [1.82, 2.24) is 4.90 Å². The fraction of sp³-hybridized carbons (Fsp3) is 0.188. The molecule has 2 rings (SSSR count). The molecule has 0 heterocycles. The van der Waals surface area contributed by atoms with Crippen molar-refractivity contribution in [3.63, 3.8) is 0 Å². The van der Waals surface area contributed by atoms with Gasteiger partial charge in [-0.25, -0.2) is 0 Å². The van der Waals surface area contributed by atoms with Gasteiger partial charge in [-0.1, -0.05) is 36.4 Å². The third kappa shape index (κ3) is 2.83. The standard InChI is InChI=1S/C16H17NO2/c1-17(2)16(19)13-9-7-12(8-10-13)15-6-4-3-5-14(15)11-18/h3-10,18H,11H2,1-2H3. The van der Waals surface area contributed by atoms with E-state index in [1.165, 1.54) is 0 Å². The second kappa shape index (κ2) is 5.67.